The van der Waals surface area contributed by atoms with Crippen LogP contribution in [0.5, 0.6) is 5.75 Å². The minimum Gasteiger partial charge on any atom is -0.497 e. The summed E-state index contributed by atoms with van der Waals surface area (Å²) in [6.45, 7) is 3.70. The number of para-hydroxylation sites is 1. The predicted molar refractivity (Wildman–Crippen MR) is 102 cm³/mol. The maximum atomic E-state index is 10.6. The molecule has 0 aliphatic carbocycles. The van der Waals surface area contributed by atoms with Crippen LogP contribution in [0.3, 0.4) is 0 Å². The standard InChI is InChI=1S/C21H28N2O2/c1-22(16-21(24)17-9-7-10-19(14-17)25-2)15-18-8-3-4-11-20(18)23-12-5-6-13-23/h3-4,7-11,14,21,24H,5-6,12-13,15-16H2,1-2H3. The summed E-state index contributed by atoms with van der Waals surface area (Å²) in [7, 11) is 3.71. The molecule has 1 aliphatic rings. The van der Waals surface area contributed by atoms with E-state index in [4.69, 9.17) is 4.74 Å². The number of rotatable bonds is 7. The van der Waals surface area contributed by atoms with Crippen LogP contribution in [0.4, 0.5) is 5.69 Å². The third kappa shape index (κ3) is 4.53. The van der Waals surface area contributed by atoms with Gasteiger partial charge in [-0.05, 0) is 49.2 Å². The first kappa shape index (κ1) is 17.8. The quantitative estimate of drug-likeness (QED) is 0.837. The number of methoxy groups -OCH3 is 1. The van der Waals surface area contributed by atoms with Gasteiger partial charge in [-0.2, -0.15) is 0 Å². The molecule has 4 nitrogen and oxygen atoms in total. The van der Waals surface area contributed by atoms with Crippen molar-refractivity contribution in [1.29, 1.82) is 0 Å². The Balaban J connectivity index is 1.65. The molecule has 2 aromatic rings. The molecule has 1 saturated heterocycles. The molecule has 3 rings (SSSR count). The van der Waals surface area contributed by atoms with Crippen molar-refractivity contribution < 1.29 is 9.84 Å². The number of aliphatic hydroxyl groups excluding tert-OH is 1. The predicted octanol–water partition coefficient (Wildman–Crippen LogP) is 3.46. The fraction of sp³-hybridized carbons (Fsp3) is 0.429. The van der Waals surface area contributed by atoms with Crippen LogP contribution in [0.25, 0.3) is 0 Å². The highest BCUT2D eigenvalue weighted by molar-refractivity contribution is 5.54. The molecule has 2 aromatic carbocycles. The van der Waals surface area contributed by atoms with E-state index in [2.05, 4.69) is 41.1 Å². The number of hydrogen-bond acceptors (Lipinski definition) is 4. The van der Waals surface area contributed by atoms with Crippen LogP contribution in [0.2, 0.25) is 0 Å². The molecule has 1 heterocycles. The van der Waals surface area contributed by atoms with E-state index in [1.807, 2.05) is 24.3 Å². The Morgan fingerprint density at radius 1 is 1.12 bits per heavy atom. The van der Waals surface area contributed by atoms with Gasteiger partial charge in [0.1, 0.15) is 5.75 Å². The fourth-order valence-electron chi connectivity index (χ4n) is 3.52. The van der Waals surface area contributed by atoms with Crippen molar-refractivity contribution >= 4 is 5.69 Å². The Morgan fingerprint density at radius 3 is 2.64 bits per heavy atom. The number of hydrogen-bond donors (Lipinski definition) is 1. The molecule has 1 atom stereocenters. The maximum Gasteiger partial charge on any atom is 0.119 e. The summed E-state index contributed by atoms with van der Waals surface area (Å²) in [5, 5.41) is 10.6. The van der Waals surface area contributed by atoms with Crippen LogP contribution in [0, 0.1) is 0 Å². The second-order valence-electron chi connectivity index (χ2n) is 6.81. The van der Waals surface area contributed by atoms with Gasteiger partial charge in [-0.3, -0.25) is 4.90 Å². The first-order chi connectivity index (χ1) is 12.2. The van der Waals surface area contributed by atoms with Crippen molar-refractivity contribution in [2.75, 3.05) is 38.7 Å². The van der Waals surface area contributed by atoms with Gasteiger partial charge in [0, 0.05) is 31.9 Å². The van der Waals surface area contributed by atoms with Crippen molar-refractivity contribution in [3.63, 3.8) is 0 Å². The van der Waals surface area contributed by atoms with Crippen LogP contribution in [-0.4, -0.2) is 43.8 Å². The number of benzene rings is 2. The minimum atomic E-state index is -0.529. The molecule has 0 aromatic heterocycles. The molecule has 0 radical (unpaired) electrons. The lowest BCUT2D eigenvalue weighted by Crippen LogP contribution is -2.26. The molecule has 0 bridgehead atoms. The third-order valence-corrected chi connectivity index (χ3v) is 4.84. The summed E-state index contributed by atoms with van der Waals surface area (Å²) >= 11 is 0. The summed E-state index contributed by atoms with van der Waals surface area (Å²) in [5.41, 5.74) is 3.55. The molecule has 1 fully saturated rings. The summed E-state index contributed by atoms with van der Waals surface area (Å²) in [6.07, 6.45) is 2.02. The minimum absolute atomic E-state index is 0.529. The number of nitrogens with zero attached hydrogens (tertiary/aromatic N) is 2. The van der Waals surface area contributed by atoms with Gasteiger partial charge in [-0.15, -0.1) is 0 Å². The van der Waals surface area contributed by atoms with E-state index < -0.39 is 6.10 Å². The number of aliphatic hydroxyl groups is 1. The van der Waals surface area contributed by atoms with Crippen molar-refractivity contribution in [3.05, 3.63) is 59.7 Å². The van der Waals surface area contributed by atoms with Gasteiger partial charge >= 0.3 is 0 Å². The normalized spacial score (nSPS) is 15.6. The Labute approximate surface area is 150 Å². The van der Waals surface area contributed by atoms with E-state index in [0.717, 1.165) is 30.9 Å². The SMILES string of the molecule is COc1cccc(C(O)CN(C)Cc2ccccc2N2CCCC2)c1. The van der Waals surface area contributed by atoms with Crippen LogP contribution in [0.15, 0.2) is 48.5 Å². The molecule has 1 aliphatic heterocycles. The Bertz CT molecular complexity index is 683. The second kappa shape index (κ2) is 8.37. The van der Waals surface area contributed by atoms with Gasteiger partial charge < -0.3 is 14.7 Å². The molecular weight excluding hydrogens is 312 g/mol. The van der Waals surface area contributed by atoms with Crippen molar-refractivity contribution in [2.24, 2.45) is 0 Å². The average Bonchev–Trinajstić information content (AvgIpc) is 3.16. The average molecular weight is 340 g/mol. The lowest BCUT2D eigenvalue weighted by molar-refractivity contribution is 0.123. The monoisotopic (exact) mass is 340 g/mol. The van der Waals surface area contributed by atoms with Gasteiger partial charge in [0.25, 0.3) is 0 Å². The van der Waals surface area contributed by atoms with E-state index >= 15 is 0 Å². The second-order valence-corrected chi connectivity index (χ2v) is 6.81. The lowest BCUT2D eigenvalue weighted by atomic mass is 10.1. The van der Waals surface area contributed by atoms with Gasteiger partial charge in [-0.1, -0.05) is 30.3 Å². The molecule has 0 amide bonds. The molecule has 0 saturated carbocycles. The van der Waals surface area contributed by atoms with Crippen LogP contribution in [0.1, 0.15) is 30.1 Å². The highest BCUT2D eigenvalue weighted by Crippen LogP contribution is 2.26. The van der Waals surface area contributed by atoms with Gasteiger partial charge in [0.05, 0.1) is 13.2 Å². The molecule has 0 spiro atoms. The molecule has 1 unspecified atom stereocenters. The van der Waals surface area contributed by atoms with Gasteiger partial charge in [0.15, 0.2) is 0 Å². The highest BCUT2D eigenvalue weighted by atomic mass is 16.5. The zero-order chi connectivity index (χ0) is 17.6. The van der Waals surface area contributed by atoms with Crippen LogP contribution >= 0.6 is 0 Å². The summed E-state index contributed by atoms with van der Waals surface area (Å²) in [6, 6.07) is 16.3. The summed E-state index contributed by atoms with van der Waals surface area (Å²) < 4.78 is 5.25. The summed E-state index contributed by atoms with van der Waals surface area (Å²) in [4.78, 5) is 4.65. The highest BCUT2D eigenvalue weighted by Gasteiger charge is 2.17. The fourth-order valence-corrected chi connectivity index (χ4v) is 3.52. The first-order valence-corrected chi connectivity index (χ1v) is 9.01. The molecule has 134 valence electrons. The number of anilines is 1. The lowest BCUT2D eigenvalue weighted by Gasteiger charge is -2.25. The van der Waals surface area contributed by atoms with Crippen molar-refractivity contribution in [3.8, 4) is 5.75 Å². The van der Waals surface area contributed by atoms with Crippen LogP contribution < -0.4 is 9.64 Å². The van der Waals surface area contributed by atoms with E-state index in [-0.39, 0.29) is 0 Å². The van der Waals surface area contributed by atoms with E-state index in [1.165, 1.54) is 24.1 Å². The Hall–Kier alpha value is -2.04. The van der Waals surface area contributed by atoms with Crippen LogP contribution in [-0.2, 0) is 6.54 Å². The molecular formula is C21H28N2O2. The molecule has 4 heteroatoms. The smallest absolute Gasteiger partial charge is 0.119 e. The van der Waals surface area contributed by atoms with E-state index in [0.29, 0.717) is 6.54 Å². The van der Waals surface area contributed by atoms with Gasteiger partial charge in [0.2, 0.25) is 0 Å². The third-order valence-electron chi connectivity index (χ3n) is 4.84. The van der Waals surface area contributed by atoms with Crippen molar-refractivity contribution in [1.82, 2.24) is 4.90 Å². The summed E-state index contributed by atoms with van der Waals surface area (Å²) in [5.74, 6) is 0.776. The topological polar surface area (TPSA) is 35.9 Å². The number of ether oxygens (including phenoxy) is 1. The molecule has 1 N–H and O–H groups in total. The largest absolute Gasteiger partial charge is 0.497 e. The first-order valence-electron chi connectivity index (χ1n) is 9.01. The van der Waals surface area contributed by atoms with Crippen molar-refractivity contribution in [2.45, 2.75) is 25.5 Å². The maximum absolute atomic E-state index is 10.6. The Kier molecular flexibility index (Phi) is 5.95. The Morgan fingerprint density at radius 2 is 1.88 bits per heavy atom. The molecule has 25 heavy (non-hydrogen) atoms. The van der Waals surface area contributed by atoms with E-state index in [9.17, 15) is 5.11 Å². The van der Waals surface area contributed by atoms with E-state index in [1.54, 1.807) is 7.11 Å². The number of likely N-dealkylation sites (N-methyl/N-ethyl adjacent to an activating group) is 1. The zero-order valence-electron chi connectivity index (χ0n) is 15.2. The zero-order valence-corrected chi connectivity index (χ0v) is 15.2. The van der Waals surface area contributed by atoms with Gasteiger partial charge in [-0.25, -0.2) is 0 Å².